The Balaban J connectivity index is 2.59. The van der Waals surface area contributed by atoms with Crippen molar-refractivity contribution >= 4 is 11.7 Å². The van der Waals surface area contributed by atoms with Crippen molar-refractivity contribution in [2.24, 2.45) is 10.9 Å². The molecule has 0 aromatic heterocycles. The second-order valence-corrected chi connectivity index (χ2v) is 4.45. The first-order valence-electron chi connectivity index (χ1n) is 5.90. The lowest BCUT2D eigenvalue weighted by atomic mass is 10.1. The van der Waals surface area contributed by atoms with E-state index in [0.717, 1.165) is 5.56 Å². The molecule has 5 nitrogen and oxygen atoms in total. The number of carbonyl (C=O) groups excluding carboxylic acids is 1. The van der Waals surface area contributed by atoms with Gasteiger partial charge in [-0.15, -0.1) is 0 Å². The molecule has 0 spiro atoms. The molecule has 1 atom stereocenters. The van der Waals surface area contributed by atoms with Gasteiger partial charge in [-0.25, -0.2) is 4.39 Å². The van der Waals surface area contributed by atoms with Crippen LogP contribution in [0.4, 0.5) is 4.39 Å². The topological polar surface area (TPSA) is 78.9 Å². The fraction of sp³-hybridized carbons (Fsp3) is 0.385. The van der Waals surface area contributed by atoms with Crippen LogP contribution in [0.15, 0.2) is 29.4 Å². The molecule has 19 heavy (non-hydrogen) atoms. The number of nitrogens with two attached hydrogens (primary N) is 1. The predicted molar refractivity (Wildman–Crippen MR) is 70.4 cm³/mol. The number of hydrogen-bond acceptors (Lipinski definition) is 3. The number of amidine groups is 1. The van der Waals surface area contributed by atoms with Crippen molar-refractivity contribution in [3.8, 4) is 0 Å². The first kappa shape index (κ1) is 14.9. The molecule has 0 fully saturated rings. The average molecular weight is 267 g/mol. The fourth-order valence-corrected chi connectivity index (χ4v) is 1.63. The van der Waals surface area contributed by atoms with Gasteiger partial charge in [0.1, 0.15) is 11.7 Å². The van der Waals surface area contributed by atoms with Crippen LogP contribution in [-0.4, -0.2) is 34.9 Å². The van der Waals surface area contributed by atoms with E-state index in [4.69, 9.17) is 10.9 Å². The van der Waals surface area contributed by atoms with E-state index in [-0.39, 0.29) is 30.0 Å². The van der Waals surface area contributed by atoms with Gasteiger partial charge in [0, 0.05) is 19.5 Å². The minimum atomic E-state index is -0.329. The summed E-state index contributed by atoms with van der Waals surface area (Å²) < 4.78 is 12.7. The number of amides is 1. The number of carbonyl (C=O) groups is 1. The third-order valence-electron chi connectivity index (χ3n) is 2.96. The van der Waals surface area contributed by atoms with E-state index in [1.165, 1.54) is 17.0 Å². The van der Waals surface area contributed by atoms with Crippen LogP contribution in [0, 0.1) is 5.82 Å². The third-order valence-corrected chi connectivity index (χ3v) is 2.96. The summed E-state index contributed by atoms with van der Waals surface area (Å²) in [6.07, 6.45) is 0.486. The van der Waals surface area contributed by atoms with E-state index in [9.17, 15) is 9.18 Å². The van der Waals surface area contributed by atoms with Gasteiger partial charge in [0.2, 0.25) is 5.91 Å². The first-order chi connectivity index (χ1) is 8.93. The zero-order valence-electron chi connectivity index (χ0n) is 11.0. The largest absolute Gasteiger partial charge is 0.409 e. The Morgan fingerprint density at radius 2 is 2.05 bits per heavy atom. The molecule has 0 saturated heterocycles. The molecule has 1 aromatic carbocycles. The second kappa shape index (κ2) is 6.72. The Hall–Kier alpha value is -2.11. The van der Waals surface area contributed by atoms with Gasteiger partial charge in [-0.05, 0) is 24.6 Å². The maximum atomic E-state index is 12.7. The molecular formula is C13H18FN3O2. The molecule has 3 N–H and O–H groups in total. The van der Waals surface area contributed by atoms with Crippen LogP contribution in [0.1, 0.15) is 18.9 Å². The molecule has 104 valence electrons. The van der Waals surface area contributed by atoms with Crippen LogP contribution in [-0.2, 0) is 11.2 Å². The maximum absolute atomic E-state index is 12.7. The van der Waals surface area contributed by atoms with Gasteiger partial charge in [0.15, 0.2) is 0 Å². The highest BCUT2D eigenvalue weighted by Gasteiger charge is 2.17. The Morgan fingerprint density at radius 3 is 2.58 bits per heavy atom. The smallest absolute Gasteiger partial charge is 0.226 e. The number of rotatable bonds is 5. The van der Waals surface area contributed by atoms with Gasteiger partial charge in [0.25, 0.3) is 0 Å². The summed E-state index contributed by atoms with van der Waals surface area (Å²) in [6, 6.07) is 5.62. The van der Waals surface area contributed by atoms with Gasteiger partial charge in [-0.1, -0.05) is 17.3 Å². The van der Waals surface area contributed by atoms with Crippen LogP contribution in [0.25, 0.3) is 0 Å². The monoisotopic (exact) mass is 267 g/mol. The van der Waals surface area contributed by atoms with E-state index in [1.54, 1.807) is 26.1 Å². The molecule has 0 bridgehead atoms. The standard InChI is InChI=1S/C13H18FN3O2/c1-9(7-12(15)16-19)17(2)13(18)8-10-3-5-11(14)6-4-10/h3-6,9,19H,7-8H2,1-2H3,(H2,15,16). The van der Waals surface area contributed by atoms with Crippen LogP contribution in [0.5, 0.6) is 0 Å². The van der Waals surface area contributed by atoms with Crippen LogP contribution in [0.2, 0.25) is 0 Å². The molecule has 0 heterocycles. The zero-order chi connectivity index (χ0) is 14.4. The Bertz CT molecular complexity index is 459. The highest BCUT2D eigenvalue weighted by molar-refractivity contribution is 5.82. The van der Waals surface area contributed by atoms with Gasteiger partial charge >= 0.3 is 0 Å². The molecule has 0 saturated carbocycles. The highest BCUT2D eigenvalue weighted by Crippen LogP contribution is 2.08. The van der Waals surface area contributed by atoms with Crippen LogP contribution >= 0.6 is 0 Å². The summed E-state index contributed by atoms with van der Waals surface area (Å²) in [4.78, 5) is 13.5. The van der Waals surface area contributed by atoms with Crippen molar-refractivity contribution < 1.29 is 14.4 Å². The molecule has 0 aliphatic rings. The molecular weight excluding hydrogens is 249 g/mol. The minimum Gasteiger partial charge on any atom is -0.409 e. The maximum Gasteiger partial charge on any atom is 0.226 e. The number of likely N-dealkylation sites (N-methyl/N-ethyl adjacent to an activating group) is 1. The van der Waals surface area contributed by atoms with E-state index in [0.29, 0.717) is 6.42 Å². The summed E-state index contributed by atoms with van der Waals surface area (Å²) >= 11 is 0. The van der Waals surface area contributed by atoms with E-state index < -0.39 is 0 Å². The molecule has 0 radical (unpaired) electrons. The minimum absolute atomic E-state index is 0.0777. The van der Waals surface area contributed by atoms with Gasteiger partial charge < -0.3 is 15.8 Å². The number of benzene rings is 1. The van der Waals surface area contributed by atoms with Gasteiger partial charge in [0.05, 0.1) is 6.42 Å². The normalized spacial score (nSPS) is 13.1. The Labute approximate surface area is 111 Å². The second-order valence-electron chi connectivity index (χ2n) is 4.45. The van der Waals surface area contributed by atoms with Crippen molar-refractivity contribution in [3.05, 3.63) is 35.6 Å². The molecule has 1 aromatic rings. The zero-order valence-corrected chi connectivity index (χ0v) is 11.0. The summed E-state index contributed by atoms with van der Waals surface area (Å²) in [5, 5.41) is 11.4. The lowest BCUT2D eigenvalue weighted by Gasteiger charge is -2.24. The fourth-order valence-electron chi connectivity index (χ4n) is 1.63. The summed E-state index contributed by atoms with van der Waals surface area (Å²) in [5.74, 6) is -0.358. The molecule has 0 aliphatic heterocycles. The molecule has 1 amide bonds. The molecule has 0 aliphatic carbocycles. The number of oxime groups is 1. The van der Waals surface area contributed by atoms with Crippen molar-refractivity contribution in [2.75, 3.05) is 7.05 Å². The Morgan fingerprint density at radius 1 is 1.47 bits per heavy atom. The van der Waals surface area contributed by atoms with E-state index in [2.05, 4.69) is 5.16 Å². The molecule has 1 unspecified atom stereocenters. The van der Waals surface area contributed by atoms with Crippen LogP contribution < -0.4 is 5.73 Å². The highest BCUT2D eigenvalue weighted by atomic mass is 19.1. The SMILES string of the molecule is CC(CC(N)=NO)N(C)C(=O)Cc1ccc(F)cc1. The number of hydrogen-bond donors (Lipinski definition) is 2. The molecule has 6 heteroatoms. The van der Waals surface area contributed by atoms with E-state index in [1.807, 2.05) is 0 Å². The lowest BCUT2D eigenvalue weighted by Crippen LogP contribution is -2.38. The average Bonchev–Trinajstić information content (AvgIpc) is 2.40. The summed E-state index contributed by atoms with van der Waals surface area (Å²) in [7, 11) is 1.65. The van der Waals surface area contributed by atoms with Crippen molar-refractivity contribution in [3.63, 3.8) is 0 Å². The summed E-state index contributed by atoms with van der Waals surface area (Å²) in [5.41, 5.74) is 6.15. The van der Waals surface area contributed by atoms with E-state index >= 15 is 0 Å². The van der Waals surface area contributed by atoms with Crippen LogP contribution in [0.3, 0.4) is 0 Å². The summed E-state index contributed by atoms with van der Waals surface area (Å²) in [6.45, 7) is 1.81. The van der Waals surface area contributed by atoms with Crippen molar-refractivity contribution in [1.82, 2.24) is 4.90 Å². The molecule has 1 rings (SSSR count). The predicted octanol–water partition coefficient (Wildman–Crippen LogP) is 1.35. The quantitative estimate of drug-likeness (QED) is 0.366. The Kier molecular flexibility index (Phi) is 5.29. The van der Waals surface area contributed by atoms with Crippen molar-refractivity contribution in [1.29, 1.82) is 0 Å². The van der Waals surface area contributed by atoms with Crippen molar-refractivity contribution in [2.45, 2.75) is 25.8 Å². The lowest BCUT2D eigenvalue weighted by molar-refractivity contribution is -0.130. The first-order valence-corrected chi connectivity index (χ1v) is 5.90. The number of nitrogens with zero attached hydrogens (tertiary/aromatic N) is 2. The third kappa shape index (κ3) is 4.57. The number of halogens is 1. The van der Waals surface area contributed by atoms with Gasteiger partial charge in [-0.3, -0.25) is 4.79 Å². The van der Waals surface area contributed by atoms with Gasteiger partial charge in [-0.2, -0.15) is 0 Å².